The molecule has 0 aliphatic heterocycles. The van der Waals surface area contributed by atoms with Crippen LogP contribution in [-0.4, -0.2) is 20.5 Å². The highest BCUT2D eigenvalue weighted by molar-refractivity contribution is 5.60. The first-order chi connectivity index (χ1) is 6.33. The molecule has 0 aromatic heterocycles. The quantitative estimate of drug-likeness (QED) is 0.658. The third kappa shape index (κ3) is 1.99. The maximum atomic E-state index is 10.3. The van der Waals surface area contributed by atoms with Crippen LogP contribution in [-0.2, 0) is 11.2 Å². The van der Waals surface area contributed by atoms with Gasteiger partial charge in [0.2, 0.25) is 0 Å². The highest BCUT2D eigenvalue weighted by Gasteiger charge is 2.07. The van der Waals surface area contributed by atoms with E-state index in [1.807, 2.05) is 12.1 Å². The molecule has 1 rings (SSSR count). The molecule has 0 spiro atoms. The van der Waals surface area contributed by atoms with E-state index in [4.69, 9.17) is 9.47 Å². The number of benzene rings is 1. The number of hydrogen-bond donors (Lipinski definition) is 0. The van der Waals surface area contributed by atoms with E-state index in [0.29, 0.717) is 17.9 Å². The van der Waals surface area contributed by atoms with Crippen molar-refractivity contribution in [3.63, 3.8) is 0 Å². The Bertz CT molecular complexity index is 294. The van der Waals surface area contributed by atoms with E-state index in [-0.39, 0.29) is 0 Å². The number of carbonyl (C=O) groups is 1. The first-order valence-corrected chi connectivity index (χ1v) is 3.97. The summed E-state index contributed by atoms with van der Waals surface area (Å²) in [6.45, 7) is 0. The van der Waals surface area contributed by atoms with Crippen LogP contribution in [0.2, 0.25) is 0 Å². The molecule has 1 aromatic rings. The monoisotopic (exact) mass is 180 g/mol. The van der Waals surface area contributed by atoms with Crippen molar-refractivity contribution in [3.8, 4) is 11.5 Å². The Balaban J connectivity index is 3.10. The topological polar surface area (TPSA) is 35.5 Å². The van der Waals surface area contributed by atoms with Gasteiger partial charge in [0.25, 0.3) is 0 Å². The van der Waals surface area contributed by atoms with Crippen molar-refractivity contribution < 1.29 is 14.3 Å². The van der Waals surface area contributed by atoms with E-state index in [1.54, 1.807) is 20.3 Å². The molecule has 0 N–H and O–H groups in total. The van der Waals surface area contributed by atoms with Crippen LogP contribution in [0, 0.1) is 0 Å². The molecule has 13 heavy (non-hydrogen) atoms. The molecule has 1 aromatic carbocycles. The molecule has 0 atom stereocenters. The maximum Gasteiger partial charge on any atom is 0.164 e. The first kappa shape index (κ1) is 9.58. The second kappa shape index (κ2) is 4.50. The van der Waals surface area contributed by atoms with Crippen LogP contribution in [0.25, 0.3) is 0 Å². The summed E-state index contributed by atoms with van der Waals surface area (Å²) >= 11 is 0. The van der Waals surface area contributed by atoms with Gasteiger partial charge in [-0.1, -0.05) is 12.1 Å². The molecular formula is C10H12O3. The predicted molar refractivity (Wildman–Crippen MR) is 49.3 cm³/mol. The van der Waals surface area contributed by atoms with Crippen molar-refractivity contribution in [2.24, 2.45) is 0 Å². The zero-order chi connectivity index (χ0) is 9.68. The molecule has 0 fully saturated rings. The van der Waals surface area contributed by atoms with E-state index in [0.717, 1.165) is 11.8 Å². The molecule has 0 unspecified atom stereocenters. The summed E-state index contributed by atoms with van der Waals surface area (Å²) in [6, 6.07) is 5.48. The number of ether oxygens (including phenoxy) is 2. The predicted octanol–water partition coefficient (Wildman–Crippen LogP) is 1.45. The van der Waals surface area contributed by atoms with Gasteiger partial charge in [-0.05, 0) is 6.07 Å². The van der Waals surface area contributed by atoms with Crippen molar-refractivity contribution in [2.45, 2.75) is 6.42 Å². The van der Waals surface area contributed by atoms with Crippen LogP contribution < -0.4 is 9.47 Å². The minimum Gasteiger partial charge on any atom is -0.493 e. The minimum absolute atomic E-state index is 0.348. The molecule has 0 amide bonds. The molecule has 0 heterocycles. The SMILES string of the molecule is COc1cccc(CC=O)c1OC. The Labute approximate surface area is 77.3 Å². The third-order valence-corrected chi connectivity index (χ3v) is 1.79. The van der Waals surface area contributed by atoms with E-state index in [2.05, 4.69) is 0 Å². The smallest absolute Gasteiger partial charge is 0.164 e. The Kier molecular flexibility index (Phi) is 3.31. The van der Waals surface area contributed by atoms with Gasteiger partial charge in [-0.2, -0.15) is 0 Å². The highest BCUT2D eigenvalue weighted by Crippen LogP contribution is 2.30. The van der Waals surface area contributed by atoms with Crippen molar-refractivity contribution in [1.82, 2.24) is 0 Å². The summed E-state index contributed by atoms with van der Waals surface area (Å²) in [6.07, 6.45) is 1.19. The lowest BCUT2D eigenvalue weighted by atomic mass is 10.1. The summed E-state index contributed by atoms with van der Waals surface area (Å²) in [5.74, 6) is 1.29. The highest BCUT2D eigenvalue weighted by atomic mass is 16.5. The van der Waals surface area contributed by atoms with Crippen LogP contribution in [0.5, 0.6) is 11.5 Å². The first-order valence-electron chi connectivity index (χ1n) is 3.97. The number of aldehydes is 1. The fourth-order valence-electron chi connectivity index (χ4n) is 1.20. The van der Waals surface area contributed by atoms with E-state index in [1.165, 1.54) is 0 Å². The molecule has 0 aliphatic carbocycles. The van der Waals surface area contributed by atoms with E-state index >= 15 is 0 Å². The molecule has 0 saturated heterocycles. The minimum atomic E-state index is 0.348. The van der Waals surface area contributed by atoms with Gasteiger partial charge in [-0.25, -0.2) is 0 Å². The molecule has 0 bridgehead atoms. The molecule has 3 heteroatoms. The van der Waals surface area contributed by atoms with Gasteiger partial charge < -0.3 is 14.3 Å². The summed E-state index contributed by atoms with van der Waals surface area (Å²) in [7, 11) is 3.13. The van der Waals surface area contributed by atoms with Gasteiger partial charge in [-0.3, -0.25) is 0 Å². The zero-order valence-electron chi connectivity index (χ0n) is 7.74. The van der Waals surface area contributed by atoms with Crippen molar-refractivity contribution in [3.05, 3.63) is 23.8 Å². The lowest BCUT2D eigenvalue weighted by Gasteiger charge is -2.10. The van der Waals surface area contributed by atoms with Crippen LogP contribution >= 0.6 is 0 Å². The van der Waals surface area contributed by atoms with Crippen LogP contribution in [0.3, 0.4) is 0 Å². The summed E-state index contributed by atoms with van der Waals surface area (Å²) in [5, 5.41) is 0. The standard InChI is InChI=1S/C10H12O3/c1-12-9-5-3-4-8(6-7-11)10(9)13-2/h3-5,7H,6H2,1-2H3. The van der Waals surface area contributed by atoms with Crippen LogP contribution in [0.4, 0.5) is 0 Å². The fraction of sp³-hybridized carbons (Fsp3) is 0.300. The maximum absolute atomic E-state index is 10.3. The van der Waals surface area contributed by atoms with Gasteiger partial charge in [0.05, 0.1) is 14.2 Å². The Morgan fingerprint density at radius 2 is 2.08 bits per heavy atom. The lowest BCUT2D eigenvalue weighted by molar-refractivity contribution is -0.107. The van der Waals surface area contributed by atoms with Gasteiger partial charge in [0, 0.05) is 12.0 Å². The van der Waals surface area contributed by atoms with Gasteiger partial charge in [-0.15, -0.1) is 0 Å². The Hall–Kier alpha value is -1.51. The van der Waals surface area contributed by atoms with Crippen LogP contribution in [0.15, 0.2) is 18.2 Å². The second-order valence-corrected chi connectivity index (χ2v) is 2.52. The average molecular weight is 180 g/mol. The summed E-state index contributed by atoms with van der Waals surface area (Å²) in [5.41, 5.74) is 0.844. The van der Waals surface area contributed by atoms with Crippen LogP contribution in [0.1, 0.15) is 5.56 Å². The van der Waals surface area contributed by atoms with Gasteiger partial charge in [0.15, 0.2) is 11.5 Å². The molecule has 0 aliphatic rings. The number of methoxy groups -OCH3 is 2. The molecule has 3 nitrogen and oxygen atoms in total. The third-order valence-electron chi connectivity index (χ3n) is 1.79. The number of carbonyl (C=O) groups excluding carboxylic acids is 1. The molecular weight excluding hydrogens is 168 g/mol. The second-order valence-electron chi connectivity index (χ2n) is 2.52. The van der Waals surface area contributed by atoms with Crippen molar-refractivity contribution in [2.75, 3.05) is 14.2 Å². The number of rotatable bonds is 4. The number of hydrogen-bond acceptors (Lipinski definition) is 3. The zero-order valence-corrected chi connectivity index (χ0v) is 7.74. The largest absolute Gasteiger partial charge is 0.493 e. The summed E-state index contributed by atoms with van der Waals surface area (Å²) < 4.78 is 10.2. The average Bonchev–Trinajstić information content (AvgIpc) is 2.18. The van der Waals surface area contributed by atoms with E-state index in [9.17, 15) is 4.79 Å². The lowest BCUT2D eigenvalue weighted by Crippen LogP contribution is -1.96. The molecule has 0 radical (unpaired) electrons. The molecule has 70 valence electrons. The van der Waals surface area contributed by atoms with Gasteiger partial charge >= 0.3 is 0 Å². The fourth-order valence-corrected chi connectivity index (χ4v) is 1.20. The van der Waals surface area contributed by atoms with Gasteiger partial charge in [0.1, 0.15) is 6.29 Å². The van der Waals surface area contributed by atoms with E-state index < -0.39 is 0 Å². The van der Waals surface area contributed by atoms with Crippen molar-refractivity contribution in [1.29, 1.82) is 0 Å². The molecule has 0 saturated carbocycles. The Morgan fingerprint density at radius 3 is 2.62 bits per heavy atom. The number of para-hydroxylation sites is 1. The normalized spacial score (nSPS) is 9.38. The summed E-state index contributed by atoms with van der Waals surface area (Å²) in [4.78, 5) is 10.3. The Morgan fingerprint density at radius 1 is 1.31 bits per heavy atom. The van der Waals surface area contributed by atoms with Crippen molar-refractivity contribution >= 4 is 6.29 Å².